The maximum Gasteiger partial charge on any atom is 0.165 e. The number of ketones is 1. The summed E-state index contributed by atoms with van der Waals surface area (Å²) in [7, 11) is 0. The van der Waals surface area contributed by atoms with Crippen LogP contribution in [0.4, 0.5) is 0 Å². The first-order valence-corrected chi connectivity index (χ1v) is 8.57. The highest BCUT2D eigenvalue weighted by Crippen LogP contribution is 2.57. The van der Waals surface area contributed by atoms with Crippen molar-refractivity contribution in [3.8, 4) is 5.75 Å². The molecule has 2 unspecified atom stereocenters. The lowest BCUT2D eigenvalue weighted by Crippen LogP contribution is -2.56. The van der Waals surface area contributed by atoms with Gasteiger partial charge in [-0.25, -0.2) is 0 Å². The molecule has 3 atom stereocenters. The molecular formula is C19H24O3. The van der Waals surface area contributed by atoms with E-state index >= 15 is 0 Å². The Hall–Kier alpha value is -1.35. The highest BCUT2D eigenvalue weighted by Gasteiger charge is 2.59. The summed E-state index contributed by atoms with van der Waals surface area (Å²) in [5.41, 5.74) is 1.22. The summed E-state index contributed by atoms with van der Waals surface area (Å²) in [5.74, 6) is 0.933. The fourth-order valence-electron chi connectivity index (χ4n) is 5.12. The zero-order valence-electron chi connectivity index (χ0n) is 13.1. The van der Waals surface area contributed by atoms with Crippen LogP contribution >= 0.6 is 0 Å². The van der Waals surface area contributed by atoms with Crippen molar-refractivity contribution >= 4 is 5.78 Å². The molecule has 3 nitrogen and oxygen atoms in total. The van der Waals surface area contributed by atoms with Gasteiger partial charge in [0, 0.05) is 11.8 Å². The van der Waals surface area contributed by atoms with Crippen LogP contribution in [0.15, 0.2) is 18.2 Å². The Balaban J connectivity index is 1.78. The quantitative estimate of drug-likeness (QED) is 0.882. The summed E-state index contributed by atoms with van der Waals surface area (Å²) in [6, 6.07) is 5.61. The number of hydrogen-bond donors (Lipinski definition) is 2. The van der Waals surface area contributed by atoms with Crippen LogP contribution in [-0.2, 0) is 16.6 Å². The molecule has 118 valence electrons. The van der Waals surface area contributed by atoms with E-state index in [-0.39, 0.29) is 17.1 Å². The Kier molecular flexibility index (Phi) is 2.96. The van der Waals surface area contributed by atoms with Crippen LogP contribution in [0.5, 0.6) is 5.75 Å². The van der Waals surface area contributed by atoms with Gasteiger partial charge in [0.1, 0.15) is 11.4 Å². The number of phenols is 1. The third-order valence-electron chi connectivity index (χ3n) is 6.57. The first-order chi connectivity index (χ1) is 10.5. The average Bonchev–Trinajstić information content (AvgIpc) is 3.33. The number of fused-ring (bicyclic) bond motifs is 3. The number of rotatable bonds is 2. The van der Waals surface area contributed by atoms with Gasteiger partial charge in [-0.1, -0.05) is 13.0 Å². The second-order valence-corrected chi connectivity index (χ2v) is 7.59. The van der Waals surface area contributed by atoms with Crippen LogP contribution in [-0.4, -0.2) is 21.6 Å². The average molecular weight is 300 g/mol. The molecule has 2 fully saturated rings. The van der Waals surface area contributed by atoms with Crippen LogP contribution in [0.1, 0.15) is 56.6 Å². The van der Waals surface area contributed by atoms with Crippen LogP contribution in [0.3, 0.4) is 0 Å². The molecule has 0 radical (unpaired) electrons. The first-order valence-electron chi connectivity index (χ1n) is 8.57. The lowest BCUT2D eigenvalue weighted by Gasteiger charge is -2.52. The molecule has 1 aromatic rings. The topological polar surface area (TPSA) is 57.5 Å². The van der Waals surface area contributed by atoms with Gasteiger partial charge in [0.05, 0.1) is 0 Å². The molecule has 0 amide bonds. The lowest BCUT2D eigenvalue weighted by atomic mass is 9.52. The van der Waals surface area contributed by atoms with Gasteiger partial charge in [-0.2, -0.15) is 0 Å². The minimum Gasteiger partial charge on any atom is -0.508 e. The number of Topliss-reactive ketones (excluding diaryl/α,β-unsaturated/α-hetero) is 1. The fourth-order valence-corrected chi connectivity index (χ4v) is 5.12. The largest absolute Gasteiger partial charge is 0.508 e. The second kappa shape index (κ2) is 4.58. The predicted molar refractivity (Wildman–Crippen MR) is 83.8 cm³/mol. The Morgan fingerprint density at radius 3 is 2.68 bits per heavy atom. The number of carbonyl (C=O) groups excluding carboxylic acids is 1. The summed E-state index contributed by atoms with van der Waals surface area (Å²) in [6.45, 7) is 2.16. The monoisotopic (exact) mass is 300 g/mol. The Labute approximate surface area is 131 Å². The molecule has 0 heterocycles. The number of benzene rings is 1. The van der Waals surface area contributed by atoms with Gasteiger partial charge in [0.2, 0.25) is 0 Å². The van der Waals surface area contributed by atoms with Crippen molar-refractivity contribution in [2.45, 2.75) is 62.9 Å². The highest BCUT2D eigenvalue weighted by atomic mass is 16.3. The van der Waals surface area contributed by atoms with E-state index in [4.69, 9.17) is 0 Å². The predicted octanol–water partition coefficient (Wildman–Crippen LogP) is 3.11. The SMILES string of the molecule is CCC12CC(=O)C(O)(C3CC3)C[C@H]1CCc1cc(O)ccc12. The molecule has 3 aliphatic carbocycles. The molecule has 2 saturated carbocycles. The molecule has 0 saturated heterocycles. The molecule has 22 heavy (non-hydrogen) atoms. The molecule has 1 aromatic carbocycles. The fraction of sp³-hybridized carbons (Fsp3) is 0.632. The van der Waals surface area contributed by atoms with Gasteiger partial charge in [-0.3, -0.25) is 4.79 Å². The van der Waals surface area contributed by atoms with Crippen LogP contribution in [0.2, 0.25) is 0 Å². The standard InChI is InChI=1S/C19H24O3/c1-2-18-11-17(21)19(22,13-5-6-13)10-14(18)4-3-12-9-15(20)7-8-16(12)18/h7-9,13-14,20,22H,2-6,10-11H2,1H3/t14-,18?,19?/m1/s1. The molecule has 0 aliphatic heterocycles. The maximum atomic E-state index is 12.8. The van der Waals surface area contributed by atoms with E-state index in [2.05, 4.69) is 6.92 Å². The van der Waals surface area contributed by atoms with Gasteiger partial charge >= 0.3 is 0 Å². The minimum atomic E-state index is -1.06. The normalized spacial score (nSPS) is 37.5. The van der Waals surface area contributed by atoms with Crippen molar-refractivity contribution < 1.29 is 15.0 Å². The van der Waals surface area contributed by atoms with Gasteiger partial charge in [-0.05, 0) is 73.6 Å². The van der Waals surface area contributed by atoms with Crippen molar-refractivity contribution in [1.29, 1.82) is 0 Å². The zero-order valence-corrected chi connectivity index (χ0v) is 13.1. The number of phenolic OH excluding ortho intramolecular Hbond substituents is 1. The number of aromatic hydroxyl groups is 1. The number of aliphatic hydroxyl groups is 1. The number of aryl methyl sites for hydroxylation is 1. The molecule has 3 aliphatic rings. The summed E-state index contributed by atoms with van der Waals surface area (Å²) in [5, 5.41) is 20.7. The molecule has 0 aromatic heterocycles. The van der Waals surface area contributed by atoms with Gasteiger partial charge in [-0.15, -0.1) is 0 Å². The van der Waals surface area contributed by atoms with Gasteiger partial charge in [0.15, 0.2) is 5.78 Å². The van der Waals surface area contributed by atoms with E-state index in [1.807, 2.05) is 12.1 Å². The van der Waals surface area contributed by atoms with Crippen molar-refractivity contribution in [2.24, 2.45) is 11.8 Å². The van der Waals surface area contributed by atoms with E-state index in [9.17, 15) is 15.0 Å². The molecule has 4 rings (SSSR count). The van der Waals surface area contributed by atoms with Crippen LogP contribution in [0, 0.1) is 11.8 Å². The van der Waals surface area contributed by atoms with Crippen molar-refractivity contribution in [2.75, 3.05) is 0 Å². The van der Waals surface area contributed by atoms with E-state index in [1.54, 1.807) is 6.07 Å². The molecule has 2 N–H and O–H groups in total. The van der Waals surface area contributed by atoms with Crippen molar-refractivity contribution in [3.05, 3.63) is 29.3 Å². The van der Waals surface area contributed by atoms with Gasteiger partial charge < -0.3 is 10.2 Å². The van der Waals surface area contributed by atoms with E-state index < -0.39 is 5.60 Å². The zero-order chi connectivity index (χ0) is 15.5. The highest BCUT2D eigenvalue weighted by molar-refractivity contribution is 5.90. The van der Waals surface area contributed by atoms with E-state index in [0.29, 0.717) is 24.5 Å². The van der Waals surface area contributed by atoms with Crippen molar-refractivity contribution in [1.82, 2.24) is 0 Å². The summed E-state index contributed by atoms with van der Waals surface area (Å²) < 4.78 is 0. The number of hydrogen-bond acceptors (Lipinski definition) is 3. The van der Waals surface area contributed by atoms with E-state index in [1.165, 1.54) is 11.1 Å². The second-order valence-electron chi connectivity index (χ2n) is 7.59. The first kappa shape index (κ1) is 14.3. The van der Waals surface area contributed by atoms with Crippen molar-refractivity contribution in [3.63, 3.8) is 0 Å². The Morgan fingerprint density at radius 1 is 1.23 bits per heavy atom. The summed E-state index contributed by atoms with van der Waals surface area (Å²) >= 11 is 0. The third-order valence-corrected chi connectivity index (χ3v) is 6.57. The molecular weight excluding hydrogens is 276 g/mol. The van der Waals surface area contributed by atoms with Crippen LogP contribution < -0.4 is 0 Å². The lowest BCUT2D eigenvalue weighted by molar-refractivity contribution is -0.152. The Bertz CT molecular complexity index is 634. The van der Waals surface area contributed by atoms with Crippen LogP contribution in [0.25, 0.3) is 0 Å². The molecule has 3 heteroatoms. The number of carbonyl (C=O) groups is 1. The smallest absolute Gasteiger partial charge is 0.165 e. The van der Waals surface area contributed by atoms with Gasteiger partial charge in [0.25, 0.3) is 0 Å². The third kappa shape index (κ3) is 1.81. The molecule has 0 spiro atoms. The maximum absolute atomic E-state index is 12.8. The Morgan fingerprint density at radius 2 is 2.00 bits per heavy atom. The minimum absolute atomic E-state index is 0.0500. The van der Waals surface area contributed by atoms with E-state index in [0.717, 1.165) is 32.1 Å². The summed E-state index contributed by atoms with van der Waals surface area (Å²) in [4.78, 5) is 12.8. The summed E-state index contributed by atoms with van der Waals surface area (Å²) in [6.07, 6.45) is 5.94. The molecule has 0 bridgehead atoms.